The van der Waals surface area contributed by atoms with Crippen LogP contribution in [0.1, 0.15) is 6.92 Å². The van der Waals surface area contributed by atoms with Gasteiger partial charge in [-0.1, -0.05) is 17.7 Å². The second-order valence-corrected chi connectivity index (χ2v) is 4.87. The van der Waals surface area contributed by atoms with Gasteiger partial charge in [0.05, 0.1) is 13.7 Å². The van der Waals surface area contributed by atoms with Gasteiger partial charge in [-0.3, -0.25) is 0 Å². The van der Waals surface area contributed by atoms with E-state index in [0.717, 1.165) is 5.69 Å². The van der Waals surface area contributed by atoms with E-state index >= 15 is 0 Å². The molecule has 1 atom stereocenters. The molecule has 0 N–H and O–H groups in total. The number of benzene rings is 1. The molecule has 0 saturated carbocycles. The summed E-state index contributed by atoms with van der Waals surface area (Å²) in [4.78, 5) is 13.6. The van der Waals surface area contributed by atoms with Crippen LogP contribution < -0.4 is 4.90 Å². The Balaban J connectivity index is 2.88. The summed E-state index contributed by atoms with van der Waals surface area (Å²) in [6.07, 6.45) is 1.85. The lowest BCUT2D eigenvalue weighted by Crippen LogP contribution is -2.41. The molecule has 106 valence electrons. The van der Waals surface area contributed by atoms with E-state index in [1.807, 2.05) is 29.4 Å². The third kappa shape index (κ3) is 4.93. The van der Waals surface area contributed by atoms with Crippen LogP contribution in [0.4, 0.5) is 5.69 Å². The standard InChI is InChI=1S/C13H18ClNO3S/c1-10(13(16)17-2)15(7-8-18-19-3)12-6-4-5-11(14)9-12/h4-6,9-10H,7-8H2,1-3H3. The third-order valence-electron chi connectivity index (χ3n) is 2.68. The first kappa shape index (κ1) is 16.1. The summed E-state index contributed by atoms with van der Waals surface area (Å²) in [5, 5.41) is 0.630. The van der Waals surface area contributed by atoms with Crippen molar-refractivity contribution in [3.05, 3.63) is 29.3 Å². The Morgan fingerprint density at radius 1 is 1.53 bits per heavy atom. The van der Waals surface area contributed by atoms with Crippen molar-refractivity contribution in [1.29, 1.82) is 0 Å². The first-order valence-corrected chi connectivity index (χ1v) is 7.38. The number of ether oxygens (including phenoxy) is 1. The second kappa shape index (κ2) is 8.30. The summed E-state index contributed by atoms with van der Waals surface area (Å²) in [6, 6.07) is 6.98. The molecule has 1 aromatic rings. The van der Waals surface area contributed by atoms with Crippen molar-refractivity contribution in [1.82, 2.24) is 0 Å². The Morgan fingerprint density at radius 3 is 2.84 bits per heavy atom. The van der Waals surface area contributed by atoms with Crippen molar-refractivity contribution in [3.8, 4) is 0 Å². The quantitative estimate of drug-likeness (QED) is 0.440. The van der Waals surface area contributed by atoms with Crippen molar-refractivity contribution >= 4 is 35.3 Å². The highest BCUT2D eigenvalue weighted by molar-refractivity contribution is 7.93. The average molecular weight is 304 g/mol. The largest absolute Gasteiger partial charge is 0.467 e. The molecule has 0 fully saturated rings. The number of carbonyl (C=O) groups is 1. The number of hydrogen-bond donors (Lipinski definition) is 0. The lowest BCUT2D eigenvalue weighted by molar-refractivity contribution is -0.141. The van der Waals surface area contributed by atoms with Crippen LogP contribution in [0, 0.1) is 0 Å². The molecule has 0 aromatic heterocycles. The summed E-state index contributed by atoms with van der Waals surface area (Å²) in [7, 11) is 1.38. The first-order valence-electron chi connectivity index (χ1n) is 5.85. The summed E-state index contributed by atoms with van der Waals surface area (Å²) in [5.41, 5.74) is 0.870. The number of carbonyl (C=O) groups excluding carboxylic acids is 1. The van der Waals surface area contributed by atoms with Gasteiger partial charge in [0.15, 0.2) is 0 Å². The molecule has 0 aliphatic carbocycles. The highest BCUT2D eigenvalue weighted by atomic mass is 35.5. The van der Waals surface area contributed by atoms with E-state index in [4.69, 9.17) is 20.5 Å². The molecule has 0 aliphatic heterocycles. The molecule has 0 aliphatic rings. The Labute approximate surface area is 123 Å². The topological polar surface area (TPSA) is 38.8 Å². The Hall–Kier alpha value is -0.910. The molecular weight excluding hydrogens is 286 g/mol. The highest BCUT2D eigenvalue weighted by Gasteiger charge is 2.22. The maximum Gasteiger partial charge on any atom is 0.328 e. The van der Waals surface area contributed by atoms with Gasteiger partial charge < -0.3 is 13.8 Å². The number of rotatable bonds is 7. The van der Waals surface area contributed by atoms with Crippen LogP contribution >= 0.6 is 23.6 Å². The van der Waals surface area contributed by atoms with E-state index in [-0.39, 0.29) is 5.97 Å². The van der Waals surface area contributed by atoms with Crippen LogP contribution in [0.3, 0.4) is 0 Å². The minimum absolute atomic E-state index is 0.288. The van der Waals surface area contributed by atoms with E-state index < -0.39 is 6.04 Å². The molecule has 4 nitrogen and oxygen atoms in total. The highest BCUT2D eigenvalue weighted by Crippen LogP contribution is 2.22. The SMILES string of the molecule is COC(=O)C(C)N(CCOSC)c1cccc(Cl)c1. The Morgan fingerprint density at radius 2 is 2.26 bits per heavy atom. The van der Waals surface area contributed by atoms with E-state index in [0.29, 0.717) is 18.2 Å². The summed E-state index contributed by atoms with van der Waals surface area (Å²) < 4.78 is 10.1. The smallest absolute Gasteiger partial charge is 0.328 e. The molecular formula is C13H18ClNO3S. The van der Waals surface area contributed by atoms with Crippen molar-refractivity contribution < 1.29 is 13.7 Å². The summed E-state index contributed by atoms with van der Waals surface area (Å²) in [5.74, 6) is -0.288. The van der Waals surface area contributed by atoms with Crippen LogP contribution in [0.15, 0.2) is 24.3 Å². The number of esters is 1. The lowest BCUT2D eigenvalue weighted by atomic mass is 10.2. The van der Waals surface area contributed by atoms with E-state index in [2.05, 4.69) is 0 Å². The minimum atomic E-state index is -0.395. The molecule has 0 radical (unpaired) electrons. The van der Waals surface area contributed by atoms with Crippen molar-refractivity contribution in [2.24, 2.45) is 0 Å². The monoisotopic (exact) mass is 303 g/mol. The van der Waals surface area contributed by atoms with Crippen LogP contribution in [0.2, 0.25) is 5.02 Å². The zero-order valence-electron chi connectivity index (χ0n) is 11.3. The van der Waals surface area contributed by atoms with Gasteiger partial charge in [0.1, 0.15) is 6.04 Å². The fourth-order valence-electron chi connectivity index (χ4n) is 1.72. The normalized spacial score (nSPS) is 12.0. The number of nitrogens with zero attached hydrogens (tertiary/aromatic N) is 1. The third-order valence-corrected chi connectivity index (χ3v) is 3.32. The molecule has 19 heavy (non-hydrogen) atoms. The number of anilines is 1. The van der Waals surface area contributed by atoms with Crippen LogP contribution in [-0.4, -0.2) is 38.5 Å². The Bertz CT molecular complexity index is 417. The fraction of sp³-hybridized carbons (Fsp3) is 0.462. The van der Waals surface area contributed by atoms with Gasteiger partial charge in [0.25, 0.3) is 0 Å². The van der Waals surface area contributed by atoms with Gasteiger partial charge >= 0.3 is 5.97 Å². The molecule has 1 aromatic carbocycles. The zero-order chi connectivity index (χ0) is 14.3. The zero-order valence-corrected chi connectivity index (χ0v) is 12.8. The lowest BCUT2D eigenvalue weighted by Gasteiger charge is -2.29. The van der Waals surface area contributed by atoms with Gasteiger partial charge in [-0.25, -0.2) is 4.79 Å². The van der Waals surface area contributed by atoms with Crippen molar-refractivity contribution in [2.75, 3.05) is 31.4 Å². The second-order valence-electron chi connectivity index (χ2n) is 3.86. The van der Waals surface area contributed by atoms with Crippen LogP contribution in [0.25, 0.3) is 0 Å². The summed E-state index contributed by atoms with van der Waals surface area (Å²) >= 11 is 7.29. The van der Waals surface area contributed by atoms with Crippen molar-refractivity contribution in [3.63, 3.8) is 0 Å². The molecule has 0 bridgehead atoms. The number of hydrogen-bond acceptors (Lipinski definition) is 5. The van der Waals surface area contributed by atoms with Gasteiger partial charge in [-0.2, -0.15) is 0 Å². The van der Waals surface area contributed by atoms with E-state index in [9.17, 15) is 4.79 Å². The maximum absolute atomic E-state index is 11.7. The van der Waals surface area contributed by atoms with E-state index in [1.54, 1.807) is 13.0 Å². The molecule has 0 amide bonds. The maximum atomic E-state index is 11.7. The predicted molar refractivity (Wildman–Crippen MR) is 79.7 cm³/mol. The average Bonchev–Trinajstić information content (AvgIpc) is 2.42. The molecule has 0 saturated heterocycles. The van der Waals surface area contributed by atoms with Gasteiger partial charge in [-0.05, 0) is 37.2 Å². The minimum Gasteiger partial charge on any atom is -0.467 e. The first-order chi connectivity index (χ1) is 9.10. The number of methoxy groups -OCH3 is 1. The van der Waals surface area contributed by atoms with Gasteiger partial charge in [-0.15, -0.1) is 0 Å². The van der Waals surface area contributed by atoms with Crippen LogP contribution in [-0.2, 0) is 13.7 Å². The molecule has 1 unspecified atom stereocenters. The number of halogens is 1. The van der Waals surface area contributed by atoms with Crippen LogP contribution in [0.5, 0.6) is 0 Å². The Kier molecular flexibility index (Phi) is 7.05. The summed E-state index contributed by atoms with van der Waals surface area (Å²) in [6.45, 7) is 2.89. The fourth-order valence-corrected chi connectivity index (χ4v) is 2.14. The van der Waals surface area contributed by atoms with Crippen molar-refractivity contribution in [2.45, 2.75) is 13.0 Å². The molecule has 0 heterocycles. The molecule has 1 rings (SSSR count). The van der Waals surface area contributed by atoms with E-state index in [1.165, 1.54) is 19.2 Å². The predicted octanol–water partition coefficient (Wildman–Crippen LogP) is 3.00. The molecule has 6 heteroatoms. The van der Waals surface area contributed by atoms with Gasteiger partial charge in [0.2, 0.25) is 0 Å². The van der Waals surface area contributed by atoms with Gasteiger partial charge in [0, 0.05) is 23.5 Å². The molecule has 0 spiro atoms.